The van der Waals surface area contributed by atoms with Gasteiger partial charge in [-0.25, -0.2) is 9.13 Å². The second kappa shape index (κ2) is 7.98. The van der Waals surface area contributed by atoms with Gasteiger partial charge in [0.05, 0.1) is 4.90 Å². The molecule has 0 saturated carbocycles. The predicted octanol–water partition coefficient (Wildman–Crippen LogP) is 2.33. The molecule has 1 aromatic heterocycles. The number of carbonyl (C=O) groups is 1. The van der Waals surface area contributed by atoms with E-state index in [1.807, 2.05) is 0 Å². The number of halogens is 1. The third kappa shape index (κ3) is 3.83. The number of sulfonamides is 1. The second-order valence-corrected chi connectivity index (χ2v) is 8.77. The lowest BCUT2D eigenvalue weighted by atomic mass is 9.91. The van der Waals surface area contributed by atoms with Crippen molar-refractivity contribution in [3.05, 3.63) is 96.1 Å². The molecule has 9 heteroatoms. The third-order valence-electron chi connectivity index (χ3n) is 4.68. The van der Waals surface area contributed by atoms with Gasteiger partial charge in [-0.1, -0.05) is 48.5 Å². The van der Waals surface area contributed by atoms with Gasteiger partial charge in [-0.05, 0) is 35.6 Å². The number of imidazole rings is 1. The van der Waals surface area contributed by atoms with E-state index in [0.29, 0.717) is 11.6 Å². The van der Waals surface area contributed by atoms with E-state index in [1.165, 1.54) is 41.0 Å². The largest absolute Gasteiger partial charge is 0.869 e. The van der Waals surface area contributed by atoms with Crippen molar-refractivity contribution in [2.24, 2.45) is 4.40 Å². The average molecular weight is 454 g/mol. The van der Waals surface area contributed by atoms with Crippen LogP contribution in [0.15, 0.2) is 89.2 Å². The van der Waals surface area contributed by atoms with Gasteiger partial charge in [0, 0.05) is 10.6 Å². The molecule has 0 bridgehead atoms. The Labute approximate surface area is 183 Å². The van der Waals surface area contributed by atoms with E-state index >= 15 is 0 Å². The first-order valence-electron chi connectivity index (χ1n) is 9.16. The number of hydrogen-bond acceptors (Lipinski definition) is 4. The molecule has 1 heterocycles. The average Bonchev–Trinajstić information content (AvgIpc) is 3.20. The molecule has 1 aliphatic rings. The third-order valence-corrected chi connectivity index (χ3v) is 6.23. The smallest absolute Gasteiger partial charge is 0.283 e. The summed E-state index contributed by atoms with van der Waals surface area (Å²) in [5.41, 5.74) is -0.286. The van der Waals surface area contributed by atoms with Crippen LogP contribution in [0.3, 0.4) is 0 Å². The molecule has 2 aromatic carbocycles. The topological polar surface area (TPSA) is 95.4 Å². The maximum Gasteiger partial charge on any atom is 0.283 e. The van der Waals surface area contributed by atoms with Crippen molar-refractivity contribution < 1.29 is 22.9 Å². The number of ketones is 1. The van der Waals surface area contributed by atoms with Crippen molar-refractivity contribution in [2.75, 3.05) is 0 Å². The maximum absolute atomic E-state index is 13.3. The van der Waals surface area contributed by atoms with Crippen LogP contribution in [0.5, 0.6) is 0 Å². The quantitative estimate of drug-likeness (QED) is 0.437. The van der Waals surface area contributed by atoms with Crippen molar-refractivity contribution in [2.45, 2.75) is 11.4 Å². The molecule has 0 spiro atoms. The Morgan fingerprint density at radius 3 is 2.48 bits per heavy atom. The molecule has 0 radical (unpaired) electrons. The number of Topliss-reactive ketones (excluding diaryl/α,β-unsaturated/α-hetero) is 1. The van der Waals surface area contributed by atoms with E-state index in [0.717, 1.165) is 0 Å². The molecular weight excluding hydrogens is 438 g/mol. The standard InChI is InChI=1S/C22H16ClN3O4S/c1-2-11-25-12-13-26(14-25)20-19(21(27)17-5-3-4-6-18(17)22(20)28)24-31(29,30)16-9-7-15(23)8-10-16/h2-10,12-14H,1,11H2. The van der Waals surface area contributed by atoms with E-state index in [9.17, 15) is 18.3 Å². The number of benzene rings is 2. The molecule has 0 saturated heterocycles. The highest BCUT2D eigenvalue weighted by molar-refractivity contribution is 7.90. The van der Waals surface area contributed by atoms with Gasteiger partial charge in [0.15, 0.2) is 11.4 Å². The van der Waals surface area contributed by atoms with E-state index in [2.05, 4.69) is 11.0 Å². The van der Waals surface area contributed by atoms with Gasteiger partial charge in [0.1, 0.15) is 18.9 Å². The lowest BCUT2D eigenvalue weighted by Crippen LogP contribution is -2.32. The number of rotatable bonds is 5. The Balaban J connectivity index is 1.95. The minimum absolute atomic E-state index is 0.104. The first-order chi connectivity index (χ1) is 14.8. The fraction of sp³-hybridized carbons (Fsp3) is 0.0455. The van der Waals surface area contributed by atoms with Gasteiger partial charge < -0.3 is 5.11 Å². The molecule has 3 aromatic rings. The molecule has 0 atom stereocenters. The van der Waals surface area contributed by atoms with Gasteiger partial charge >= 0.3 is 0 Å². The van der Waals surface area contributed by atoms with Gasteiger partial charge in [0.25, 0.3) is 10.0 Å². The highest BCUT2D eigenvalue weighted by Crippen LogP contribution is 2.30. The van der Waals surface area contributed by atoms with Crippen LogP contribution in [0.1, 0.15) is 15.9 Å². The number of aromatic nitrogens is 2. The summed E-state index contributed by atoms with van der Waals surface area (Å²) in [6, 6.07) is 11.6. The minimum atomic E-state index is -4.28. The van der Waals surface area contributed by atoms with E-state index in [4.69, 9.17) is 11.6 Å². The summed E-state index contributed by atoms with van der Waals surface area (Å²) < 4.78 is 32.8. The lowest BCUT2D eigenvalue weighted by Gasteiger charge is -2.24. The van der Waals surface area contributed by atoms with Crippen LogP contribution in [-0.2, 0) is 16.6 Å². The number of nitrogens with zero attached hydrogens (tertiary/aromatic N) is 3. The highest BCUT2D eigenvalue weighted by Gasteiger charge is 2.33. The fourth-order valence-electron chi connectivity index (χ4n) is 3.24. The van der Waals surface area contributed by atoms with Crippen molar-refractivity contribution >= 4 is 44.6 Å². The summed E-state index contributed by atoms with van der Waals surface area (Å²) in [6.07, 6.45) is 6.47. The van der Waals surface area contributed by atoms with Gasteiger partial charge in [-0.2, -0.15) is 12.8 Å². The summed E-state index contributed by atoms with van der Waals surface area (Å²) in [7, 11) is -4.28. The van der Waals surface area contributed by atoms with Crippen LogP contribution >= 0.6 is 11.6 Å². The number of hydrogen-bond donors (Lipinski definition) is 0. The van der Waals surface area contributed by atoms with E-state index in [-0.39, 0.29) is 21.7 Å². The molecule has 0 N–H and O–H groups in total. The van der Waals surface area contributed by atoms with Crippen molar-refractivity contribution in [3.8, 4) is 0 Å². The molecule has 31 heavy (non-hydrogen) atoms. The van der Waals surface area contributed by atoms with Gasteiger partial charge in [-0.15, -0.1) is 0 Å². The van der Waals surface area contributed by atoms with Crippen molar-refractivity contribution in [1.29, 1.82) is 0 Å². The molecule has 4 rings (SSSR count). The summed E-state index contributed by atoms with van der Waals surface area (Å²) >= 11 is 5.84. The summed E-state index contributed by atoms with van der Waals surface area (Å²) in [5.74, 6) is -1.15. The Hall–Kier alpha value is -3.49. The SMILES string of the molecule is C=CC[n+]1ccn(C2=C([O-])c3ccccc3C(=O)/C2=N\S(=O)(=O)c2ccc(Cl)cc2)c1. The minimum Gasteiger partial charge on any atom is -0.869 e. The first kappa shape index (κ1) is 20.8. The molecule has 156 valence electrons. The van der Waals surface area contributed by atoms with Crippen LogP contribution in [0, 0.1) is 0 Å². The van der Waals surface area contributed by atoms with Crippen molar-refractivity contribution in [3.63, 3.8) is 0 Å². The zero-order chi connectivity index (χ0) is 22.2. The molecule has 1 aliphatic carbocycles. The number of carbonyl (C=O) groups excluding carboxylic acids is 1. The molecular formula is C22H16ClN3O4S. The molecule has 0 amide bonds. The molecule has 0 fully saturated rings. The van der Waals surface area contributed by atoms with Crippen LogP contribution < -0.4 is 9.67 Å². The van der Waals surface area contributed by atoms with Crippen LogP contribution in [0.4, 0.5) is 0 Å². The summed E-state index contributed by atoms with van der Waals surface area (Å²) in [4.78, 5) is 13.1. The Kier molecular flexibility index (Phi) is 5.34. The second-order valence-electron chi connectivity index (χ2n) is 6.73. The molecule has 0 aliphatic heterocycles. The van der Waals surface area contributed by atoms with Crippen LogP contribution in [0.25, 0.3) is 11.5 Å². The lowest BCUT2D eigenvalue weighted by molar-refractivity contribution is -0.686. The Bertz CT molecular complexity index is 1370. The highest BCUT2D eigenvalue weighted by atomic mass is 35.5. The molecule has 0 unspecified atom stereocenters. The summed E-state index contributed by atoms with van der Waals surface area (Å²) in [5, 5.41) is 13.6. The Morgan fingerprint density at radius 2 is 1.81 bits per heavy atom. The normalized spacial score (nSPS) is 15.3. The predicted molar refractivity (Wildman–Crippen MR) is 115 cm³/mol. The van der Waals surface area contributed by atoms with Crippen molar-refractivity contribution in [1.82, 2.24) is 4.57 Å². The van der Waals surface area contributed by atoms with Crippen LogP contribution in [-0.4, -0.2) is 24.5 Å². The summed E-state index contributed by atoms with van der Waals surface area (Å²) in [6.45, 7) is 4.13. The van der Waals surface area contributed by atoms with E-state index < -0.39 is 27.3 Å². The monoisotopic (exact) mass is 453 g/mol. The van der Waals surface area contributed by atoms with Gasteiger partial charge in [-0.3, -0.25) is 4.79 Å². The zero-order valence-electron chi connectivity index (χ0n) is 16.1. The molecule has 7 nitrogen and oxygen atoms in total. The maximum atomic E-state index is 13.3. The van der Waals surface area contributed by atoms with Gasteiger partial charge in [0.2, 0.25) is 12.1 Å². The van der Waals surface area contributed by atoms with E-state index in [1.54, 1.807) is 41.5 Å². The first-order valence-corrected chi connectivity index (χ1v) is 11.0. The Morgan fingerprint density at radius 1 is 1.13 bits per heavy atom. The number of fused-ring (bicyclic) bond motifs is 1. The zero-order valence-corrected chi connectivity index (χ0v) is 17.7. The fourth-order valence-corrected chi connectivity index (χ4v) is 4.36. The van der Waals surface area contributed by atoms with Crippen LogP contribution in [0.2, 0.25) is 5.02 Å². The number of allylic oxidation sites excluding steroid dienone is 2.